The Morgan fingerprint density at radius 2 is 1.95 bits per heavy atom. The van der Waals surface area contributed by atoms with Gasteiger partial charge in [0, 0.05) is 17.1 Å². The third-order valence-electron chi connectivity index (χ3n) is 4.69. The molecule has 118 valence electrons. The van der Waals surface area contributed by atoms with Crippen LogP contribution in [0.5, 0.6) is 0 Å². The van der Waals surface area contributed by atoms with Gasteiger partial charge in [0.1, 0.15) is 0 Å². The van der Waals surface area contributed by atoms with Crippen LogP contribution in [0.3, 0.4) is 0 Å². The Hall–Kier alpha value is -0.380. The van der Waals surface area contributed by atoms with Crippen LogP contribution in [-0.2, 0) is 11.2 Å². The van der Waals surface area contributed by atoms with Crippen LogP contribution >= 0.6 is 15.9 Å². The lowest BCUT2D eigenvalue weighted by Crippen LogP contribution is -2.52. The van der Waals surface area contributed by atoms with Gasteiger partial charge in [-0.05, 0) is 50.9 Å². The van der Waals surface area contributed by atoms with Gasteiger partial charge < -0.3 is 10.1 Å². The topological polar surface area (TPSA) is 21.3 Å². The molecule has 0 spiro atoms. The molecule has 0 heterocycles. The first kappa shape index (κ1) is 17.0. The largest absolute Gasteiger partial charge is 0.374 e. The van der Waals surface area contributed by atoms with E-state index in [0.29, 0.717) is 6.04 Å². The molecule has 1 fully saturated rings. The molecular formula is C18H28BrNO. The average molecular weight is 354 g/mol. The second-order valence-corrected chi connectivity index (χ2v) is 7.00. The summed E-state index contributed by atoms with van der Waals surface area (Å²) in [6, 6.07) is 9.02. The molecule has 0 amide bonds. The number of hydrogen-bond acceptors (Lipinski definition) is 2. The van der Waals surface area contributed by atoms with Gasteiger partial charge in [-0.1, -0.05) is 53.7 Å². The maximum Gasteiger partial charge on any atom is 0.0837 e. The molecule has 3 heteroatoms. The first-order valence-electron chi connectivity index (χ1n) is 8.26. The van der Waals surface area contributed by atoms with E-state index in [9.17, 15) is 0 Å². The van der Waals surface area contributed by atoms with Crippen molar-refractivity contribution in [2.75, 3.05) is 13.7 Å². The zero-order valence-electron chi connectivity index (χ0n) is 13.3. The number of hydrogen-bond donors (Lipinski definition) is 1. The molecule has 0 aliphatic heterocycles. The lowest BCUT2D eigenvalue weighted by Gasteiger charge is -2.40. The van der Waals surface area contributed by atoms with E-state index in [-0.39, 0.29) is 5.60 Å². The van der Waals surface area contributed by atoms with Gasteiger partial charge in [0.25, 0.3) is 0 Å². The molecule has 1 saturated carbocycles. The standard InChI is InChI=1S/C18H28BrNO/c1-3-21-18(11-6-4-5-7-12-18)17(20-2)14-15-9-8-10-16(19)13-15/h8-10,13,17,20H,3-7,11-12,14H2,1-2H3. The minimum absolute atomic E-state index is 0.00230. The van der Waals surface area contributed by atoms with E-state index in [2.05, 4.69) is 59.5 Å². The van der Waals surface area contributed by atoms with Crippen molar-refractivity contribution in [3.8, 4) is 0 Å². The molecule has 1 aromatic carbocycles. The Morgan fingerprint density at radius 1 is 1.24 bits per heavy atom. The first-order valence-corrected chi connectivity index (χ1v) is 9.05. The highest BCUT2D eigenvalue weighted by molar-refractivity contribution is 9.10. The molecule has 0 radical (unpaired) electrons. The SMILES string of the molecule is CCOC1(C(Cc2cccc(Br)c2)NC)CCCCCC1. The molecule has 1 aromatic rings. The summed E-state index contributed by atoms with van der Waals surface area (Å²) < 4.78 is 7.49. The number of nitrogens with one attached hydrogen (secondary N) is 1. The van der Waals surface area contributed by atoms with Crippen molar-refractivity contribution in [1.82, 2.24) is 5.32 Å². The third-order valence-corrected chi connectivity index (χ3v) is 5.19. The fourth-order valence-corrected chi connectivity index (χ4v) is 4.11. The molecular weight excluding hydrogens is 326 g/mol. The quantitative estimate of drug-likeness (QED) is 0.747. The van der Waals surface area contributed by atoms with Crippen LogP contribution < -0.4 is 5.32 Å². The van der Waals surface area contributed by atoms with Gasteiger partial charge in [-0.3, -0.25) is 0 Å². The molecule has 1 unspecified atom stereocenters. The molecule has 1 aliphatic rings. The highest BCUT2D eigenvalue weighted by Gasteiger charge is 2.38. The Morgan fingerprint density at radius 3 is 2.52 bits per heavy atom. The van der Waals surface area contributed by atoms with Crippen molar-refractivity contribution < 1.29 is 4.74 Å². The van der Waals surface area contributed by atoms with Crippen LogP contribution in [0.2, 0.25) is 0 Å². The Labute approximate surface area is 137 Å². The fraction of sp³-hybridized carbons (Fsp3) is 0.667. The Kier molecular flexibility index (Phi) is 6.72. The van der Waals surface area contributed by atoms with Crippen molar-refractivity contribution in [3.05, 3.63) is 34.3 Å². The maximum atomic E-state index is 6.33. The molecule has 0 aromatic heterocycles. The molecule has 2 nitrogen and oxygen atoms in total. The highest BCUT2D eigenvalue weighted by Crippen LogP contribution is 2.35. The molecule has 0 saturated heterocycles. The van der Waals surface area contributed by atoms with Gasteiger partial charge in [0.05, 0.1) is 5.60 Å². The van der Waals surface area contributed by atoms with Gasteiger partial charge in [-0.2, -0.15) is 0 Å². The zero-order chi connectivity index (χ0) is 15.1. The predicted octanol–water partition coefficient (Wildman–Crippen LogP) is 4.71. The molecule has 0 bridgehead atoms. The summed E-state index contributed by atoms with van der Waals surface area (Å²) in [6.07, 6.45) is 8.66. The molecule has 1 atom stereocenters. The second kappa shape index (κ2) is 8.30. The van der Waals surface area contributed by atoms with E-state index in [4.69, 9.17) is 4.74 Å². The van der Waals surface area contributed by atoms with E-state index >= 15 is 0 Å². The fourth-order valence-electron chi connectivity index (χ4n) is 3.66. The van der Waals surface area contributed by atoms with Crippen LogP contribution in [0, 0.1) is 0 Å². The normalized spacial score (nSPS) is 20.0. The summed E-state index contributed by atoms with van der Waals surface area (Å²) >= 11 is 3.58. The second-order valence-electron chi connectivity index (χ2n) is 6.09. The number of ether oxygens (including phenoxy) is 1. The smallest absolute Gasteiger partial charge is 0.0837 e. The van der Waals surface area contributed by atoms with Crippen molar-refractivity contribution in [1.29, 1.82) is 0 Å². The summed E-state index contributed by atoms with van der Waals surface area (Å²) in [5.74, 6) is 0. The minimum Gasteiger partial charge on any atom is -0.374 e. The number of benzene rings is 1. The van der Waals surface area contributed by atoms with Gasteiger partial charge in [-0.25, -0.2) is 0 Å². The van der Waals surface area contributed by atoms with Gasteiger partial charge in [0.2, 0.25) is 0 Å². The highest BCUT2D eigenvalue weighted by atomic mass is 79.9. The van der Waals surface area contributed by atoms with Crippen LogP contribution in [0.25, 0.3) is 0 Å². The van der Waals surface area contributed by atoms with Crippen molar-refractivity contribution in [3.63, 3.8) is 0 Å². The van der Waals surface area contributed by atoms with Gasteiger partial charge in [-0.15, -0.1) is 0 Å². The van der Waals surface area contributed by atoms with Crippen molar-refractivity contribution >= 4 is 15.9 Å². The van der Waals surface area contributed by atoms with Crippen LogP contribution in [0.1, 0.15) is 51.0 Å². The summed E-state index contributed by atoms with van der Waals surface area (Å²) in [5, 5.41) is 3.55. The van der Waals surface area contributed by atoms with E-state index in [1.165, 1.54) is 44.1 Å². The Bertz CT molecular complexity index is 427. The summed E-state index contributed by atoms with van der Waals surface area (Å²) in [5.41, 5.74) is 1.37. The van der Waals surface area contributed by atoms with Crippen molar-refractivity contribution in [2.45, 2.75) is 63.5 Å². The van der Waals surface area contributed by atoms with Crippen LogP contribution in [0.15, 0.2) is 28.7 Å². The minimum atomic E-state index is 0.00230. The van der Waals surface area contributed by atoms with Crippen LogP contribution in [0.4, 0.5) is 0 Å². The molecule has 21 heavy (non-hydrogen) atoms. The maximum absolute atomic E-state index is 6.33. The summed E-state index contributed by atoms with van der Waals surface area (Å²) in [7, 11) is 2.08. The first-order chi connectivity index (χ1) is 10.2. The average Bonchev–Trinajstić information content (AvgIpc) is 2.72. The van der Waals surface area contributed by atoms with E-state index in [1.54, 1.807) is 0 Å². The van der Waals surface area contributed by atoms with E-state index in [1.807, 2.05) is 0 Å². The predicted molar refractivity (Wildman–Crippen MR) is 92.8 cm³/mol. The lowest BCUT2D eigenvalue weighted by atomic mass is 9.82. The summed E-state index contributed by atoms with van der Waals surface area (Å²) in [6.45, 7) is 2.93. The molecule has 1 aliphatic carbocycles. The van der Waals surface area contributed by atoms with E-state index in [0.717, 1.165) is 17.5 Å². The third kappa shape index (κ3) is 4.54. The number of halogens is 1. The van der Waals surface area contributed by atoms with Gasteiger partial charge >= 0.3 is 0 Å². The zero-order valence-corrected chi connectivity index (χ0v) is 14.9. The van der Waals surface area contributed by atoms with Crippen LogP contribution in [-0.4, -0.2) is 25.3 Å². The summed E-state index contributed by atoms with van der Waals surface area (Å²) in [4.78, 5) is 0. The molecule has 2 rings (SSSR count). The number of rotatable bonds is 6. The monoisotopic (exact) mass is 353 g/mol. The number of likely N-dealkylation sites (N-methyl/N-ethyl adjacent to an activating group) is 1. The van der Waals surface area contributed by atoms with Crippen molar-refractivity contribution in [2.24, 2.45) is 0 Å². The van der Waals surface area contributed by atoms with Gasteiger partial charge in [0.15, 0.2) is 0 Å². The molecule has 1 N–H and O–H groups in total. The Balaban J connectivity index is 2.18. The lowest BCUT2D eigenvalue weighted by molar-refractivity contribution is -0.0752. The van der Waals surface area contributed by atoms with E-state index < -0.39 is 0 Å².